The number of hydrogen-bond donors (Lipinski definition) is 1. The fourth-order valence-electron chi connectivity index (χ4n) is 5.41. The van der Waals surface area contributed by atoms with Crippen molar-refractivity contribution in [2.24, 2.45) is 0 Å². The van der Waals surface area contributed by atoms with Gasteiger partial charge in [-0.2, -0.15) is 0 Å². The highest BCUT2D eigenvalue weighted by atomic mass is 28.3. The predicted octanol–water partition coefficient (Wildman–Crippen LogP) is 6.47. The minimum atomic E-state index is -2.49. The van der Waals surface area contributed by atoms with Crippen LogP contribution in [0.25, 0.3) is 11.1 Å². The van der Waals surface area contributed by atoms with Crippen molar-refractivity contribution in [3.05, 3.63) is 170 Å². The molecule has 182 valence electrons. The first-order chi connectivity index (χ1) is 18.8. The number of benzene rings is 6. The van der Waals surface area contributed by atoms with Crippen molar-refractivity contribution in [3.8, 4) is 11.1 Å². The summed E-state index contributed by atoms with van der Waals surface area (Å²) < 4.78 is 0. The maximum atomic E-state index is 3.60. The van der Waals surface area contributed by atoms with Crippen LogP contribution in [0.3, 0.4) is 0 Å². The molecule has 0 unspecified atom stereocenters. The number of rotatable bonds is 7. The molecule has 0 amide bonds. The van der Waals surface area contributed by atoms with Crippen LogP contribution in [0.15, 0.2) is 170 Å². The van der Waals surface area contributed by atoms with E-state index in [1.165, 1.54) is 31.9 Å². The summed E-state index contributed by atoms with van der Waals surface area (Å²) >= 11 is 0. The molecule has 0 saturated heterocycles. The molecular weight excluding hydrogens is 474 g/mol. The van der Waals surface area contributed by atoms with Crippen LogP contribution in [0.2, 0.25) is 0 Å². The topological polar surface area (TPSA) is 12.0 Å². The first kappa shape index (κ1) is 23.7. The van der Waals surface area contributed by atoms with Gasteiger partial charge in [0.25, 0.3) is 0 Å². The van der Waals surface area contributed by atoms with Crippen LogP contribution >= 0.6 is 0 Å². The minimum Gasteiger partial charge on any atom is -0.356 e. The van der Waals surface area contributed by atoms with Crippen molar-refractivity contribution < 1.29 is 0 Å². The van der Waals surface area contributed by atoms with Gasteiger partial charge >= 0.3 is 0 Å². The van der Waals surface area contributed by atoms with Gasteiger partial charge in [0, 0.05) is 11.4 Å². The van der Waals surface area contributed by atoms with E-state index in [2.05, 4.69) is 169 Å². The summed E-state index contributed by atoms with van der Waals surface area (Å²) in [5, 5.41) is 9.11. The average Bonchev–Trinajstić information content (AvgIpc) is 3.01. The molecule has 38 heavy (non-hydrogen) atoms. The smallest absolute Gasteiger partial charge is 0.179 e. The highest BCUT2D eigenvalue weighted by Gasteiger charge is 2.41. The number of anilines is 2. The Morgan fingerprint density at radius 2 is 0.605 bits per heavy atom. The van der Waals surface area contributed by atoms with Crippen molar-refractivity contribution in [2.75, 3.05) is 5.32 Å². The number of nitrogens with one attached hydrogen (secondary N) is 1. The third kappa shape index (κ3) is 4.58. The maximum absolute atomic E-state index is 3.60. The average molecular weight is 504 g/mol. The van der Waals surface area contributed by atoms with E-state index < -0.39 is 8.07 Å². The monoisotopic (exact) mass is 503 g/mol. The lowest BCUT2D eigenvalue weighted by molar-refractivity contribution is 1.54. The summed E-state index contributed by atoms with van der Waals surface area (Å²) in [4.78, 5) is 0. The molecular formula is C36H29NSi. The van der Waals surface area contributed by atoms with Gasteiger partial charge in [-0.15, -0.1) is 0 Å². The normalized spacial score (nSPS) is 11.2. The molecule has 0 aliphatic rings. The molecule has 0 radical (unpaired) electrons. The Labute approximate surface area is 226 Å². The molecule has 0 aromatic heterocycles. The van der Waals surface area contributed by atoms with E-state index in [0.717, 1.165) is 11.4 Å². The van der Waals surface area contributed by atoms with E-state index in [4.69, 9.17) is 0 Å². The summed E-state index contributed by atoms with van der Waals surface area (Å²) in [6.45, 7) is 0. The Balaban J connectivity index is 1.39. The third-order valence-electron chi connectivity index (χ3n) is 7.22. The van der Waals surface area contributed by atoms with E-state index in [0.29, 0.717) is 0 Å². The Morgan fingerprint density at radius 1 is 0.289 bits per heavy atom. The standard InChI is InChI=1S/C36H29NSi/c1-5-13-29(14-6-1)30-21-23-31(24-22-30)37-32-25-27-36(28-26-32)38(33-15-7-2-8-16-33,34-17-9-3-10-18-34)35-19-11-4-12-20-35/h1-28,37H. The molecule has 0 fully saturated rings. The van der Waals surface area contributed by atoms with Crippen molar-refractivity contribution in [2.45, 2.75) is 0 Å². The van der Waals surface area contributed by atoms with Crippen LogP contribution in [0.1, 0.15) is 0 Å². The zero-order valence-corrected chi connectivity index (χ0v) is 22.2. The van der Waals surface area contributed by atoms with Crippen molar-refractivity contribution in [1.82, 2.24) is 0 Å². The van der Waals surface area contributed by atoms with Gasteiger partial charge in [0.05, 0.1) is 0 Å². The van der Waals surface area contributed by atoms with E-state index in [9.17, 15) is 0 Å². The Morgan fingerprint density at radius 3 is 1.03 bits per heavy atom. The molecule has 6 rings (SSSR count). The zero-order chi connectivity index (χ0) is 25.6. The van der Waals surface area contributed by atoms with Crippen molar-refractivity contribution in [3.63, 3.8) is 0 Å². The lowest BCUT2D eigenvalue weighted by Gasteiger charge is -2.34. The van der Waals surface area contributed by atoms with Crippen LogP contribution in [-0.2, 0) is 0 Å². The van der Waals surface area contributed by atoms with Gasteiger partial charge in [-0.25, -0.2) is 0 Å². The molecule has 0 atom stereocenters. The fraction of sp³-hybridized carbons (Fsp3) is 0. The van der Waals surface area contributed by atoms with Crippen LogP contribution in [0.5, 0.6) is 0 Å². The Kier molecular flexibility index (Phi) is 6.71. The van der Waals surface area contributed by atoms with Gasteiger partial charge in [0.2, 0.25) is 0 Å². The summed E-state index contributed by atoms with van der Waals surface area (Å²) in [5.41, 5.74) is 4.61. The summed E-state index contributed by atoms with van der Waals surface area (Å²) in [6.07, 6.45) is 0. The summed E-state index contributed by atoms with van der Waals surface area (Å²) in [6, 6.07) is 61.3. The molecule has 0 aliphatic carbocycles. The van der Waals surface area contributed by atoms with Gasteiger partial charge < -0.3 is 5.32 Å². The van der Waals surface area contributed by atoms with Gasteiger partial charge in [0.1, 0.15) is 0 Å². The maximum Gasteiger partial charge on any atom is 0.179 e. The Hall–Kier alpha value is -4.66. The van der Waals surface area contributed by atoms with Crippen LogP contribution in [-0.4, -0.2) is 8.07 Å². The van der Waals surface area contributed by atoms with Crippen LogP contribution in [0.4, 0.5) is 11.4 Å². The molecule has 0 spiro atoms. The second kappa shape index (κ2) is 10.8. The van der Waals surface area contributed by atoms with Gasteiger partial charge in [-0.05, 0) is 56.1 Å². The van der Waals surface area contributed by atoms with Crippen molar-refractivity contribution >= 4 is 40.2 Å². The van der Waals surface area contributed by atoms with E-state index in [-0.39, 0.29) is 0 Å². The number of hydrogen-bond acceptors (Lipinski definition) is 1. The van der Waals surface area contributed by atoms with Crippen LogP contribution < -0.4 is 26.1 Å². The van der Waals surface area contributed by atoms with Crippen LogP contribution in [0, 0.1) is 0 Å². The van der Waals surface area contributed by atoms with Gasteiger partial charge in [-0.3, -0.25) is 0 Å². The predicted molar refractivity (Wildman–Crippen MR) is 165 cm³/mol. The van der Waals surface area contributed by atoms with E-state index in [1.807, 2.05) is 6.07 Å². The van der Waals surface area contributed by atoms with Crippen molar-refractivity contribution in [1.29, 1.82) is 0 Å². The highest BCUT2D eigenvalue weighted by molar-refractivity contribution is 7.19. The Bertz CT molecular complexity index is 1480. The second-order valence-electron chi connectivity index (χ2n) is 9.49. The molecule has 0 heterocycles. The molecule has 2 heteroatoms. The minimum absolute atomic E-state index is 1.08. The third-order valence-corrected chi connectivity index (χ3v) is 12.0. The highest BCUT2D eigenvalue weighted by Crippen LogP contribution is 2.23. The first-order valence-electron chi connectivity index (χ1n) is 13.0. The molecule has 1 N–H and O–H groups in total. The fourth-order valence-corrected chi connectivity index (χ4v) is 10.2. The van der Waals surface area contributed by atoms with Gasteiger partial charge in [-0.1, -0.05) is 146 Å². The quantitative estimate of drug-likeness (QED) is 0.194. The lowest BCUT2D eigenvalue weighted by Crippen LogP contribution is -2.74. The SMILES string of the molecule is c1ccc(-c2ccc(Nc3ccc([Si](c4ccccc4)(c4ccccc4)c4ccccc4)cc3)cc2)cc1. The second-order valence-corrected chi connectivity index (χ2v) is 13.3. The molecule has 6 aromatic carbocycles. The molecule has 0 bridgehead atoms. The van der Waals surface area contributed by atoms with E-state index in [1.54, 1.807) is 0 Å². The molecule has 0 aliphatic heterocycles. The molecule has 0 saturated carbocycles. The largest absolute Gasteiger partial charge is 0.356 e. The van der Waals surface area contributed by atoms with E-state index >= 15 is 0 Å². The molecule has 1 nitrogen and oxygen atoms in total. The lowest BCUT2D eigenvalue weighted by atomic mass is 10.1. The zero-order valence-electron chi connectivity index (χ0n) is 21.2. The summed E-state index contributed by atoms with van der Waals surface area (Å²) in [5.74, 6) is 0. The van der Waals surface area contributed by atoms with Gasteiger partial charge in [0.15, 0.2) is 8.07 Å². The first-order valence-corrected chi connectivity index (χ1v) is 15.0. The molecule has 6 aromatic rings. The summed E-state index contributed by atoms with van der Waals surface area (Å²) in [7, 11) is -2.49.